The predicted octanol–water partition coefficient (Wildman–Crippen LogP) is 13.5. The number of benzene rings is 7. The first-order chi connectivity index (χ1) is 23.8. The molecule has 10 rings (SSSR count). The van der Waals surface area contributed by atoms with Crippen molar-refractivity contribution in [2.45, 2.75) is 0 Å². The Labute approximate surface area is 280 Å². The van der Waals surface area contributed by atoms with E-state index in [2.05, 4.69) is 144 Å². The highest BCUT2D eigenvalue weighted by molar-refractivity contribution is 7.26. The van der Waals surface area contributed by atoms with Crippen LogP contribution in [-0.4, -0.2) is 0 Å². The van der Waals surface area contributed by atoms with Crippen LogP contribution in [-0.2, 0) is 0 Å². The molecule has 0 spiro atoms. The van der Waals surface area contributed by atoms with Crippen molar-refractivity contribution in [2.24, 2.45) is 0 Å². The summed E-state index contributed by atoms with van der Waals surface area (Å²) in [6.07, 6.45) is 0. The van der Waals surface area contributed by atoms with Crippen LogP contribution in [0.15, 0.2) is 173 Å². The maximum Gasteiger partial charge on any atom is 0.154 e. The van der Waals surface area contributed by atoms with Crippen molar-refractivity contribution in [2.75, 3.05) is 4.90 Å². The van der Waals surface area contributed by atoms with Gasteiger partial charge in [0, 0.05) is 43.3 Å². The lowest BCUT2D eigenvalue weighted by molar-refractivity contribution is 0.669. The van der Waals surface area contributed by atoms with Gasteiger partial charge in [-0.05, 0) is 95.1 Å². The van der Waals surface area contributed by atoms with Gasteiger partial charge in [0.05, 0.1) is 4.70 Å². The summed E-state index contributed by atoms with van der Waals surface area (Å²) in [6, 6.07) is 57.9. The van der Waals surface area contributed by atoms with E-state index < -0.39 is 0 Å². The summed E-state index contributed by atoms with van der Waals surface area (Å²) in [5, 5.41) is 4.59. The van der Waals surface area contributed by atoms with Crippen molar-refractivity contribution in [3.63, 3.8) is 0 Å². The Morgan fingerprint density at radius 1 is 0.375 bits per heavy atom. The normalized spacial score (nSPS) is 11.8. The summed E-state index contributed by atoms with van der Waals surface area (Å²) in [5.41, 5.74) is 11.7. The Morgan fingerprint density at radius 2 is 0.938 bits per heavy atom. The number of hydrogen-bond acceptors (Lipinski definition) is 4. The van der Waals surface area contributed by atoms with Crippen LogP contribution in [0.25, 0.3) is 75.5 Å². The molecule has 0 saturated heterocycles. The zero-order valence-corrected chi connectivity index (χ0v) is 26.6. The summed E-state index contributed by atoms with van der Waals surface area (Å²) >= 11 is 1.79. The third kappa shape index (κ3) is 4.34. The van der Waals surface area contributed by atoms with Gasteiger partial charge in [-0.3, -0.25) is 0 Å². The van der Waals surface area contributed by atoms with Crippen molar-refractivity contribution >= 4 is 81.7 Å². The Morgan fingerprint density at radius 3 is 1.69 bits per heavy atom. The highest BCUT2D eigenvalue weighted by atomic mass is 32.1. The van der Waals surface area contributed by atoms with Crippen LogP contribution in [0.1, 0.15) is 0 Å². The van der Waals surface area contributed by atoms with Gasteiger partial charge in [-0.25, -0.2) is 0 Å². The fraction of sp³-hybridized carbons (Fsp3) is 0. The standard InChI is InChI=1S/C44H27NO2S/c1-2-8-28(9-3-1)29-14-19-32(20-15-29)45(34-23-24-37-42(27-34)48-44-36-11-5-7-13-40(36)47-43(37)44)33-21-16-30(17-22-33)31-18-25-41-38(26-31)35-10-4-6-12-39(35)46-41/h1-27H. The molecule has 4 heteroatoms. The van der Waals surface area contributed by atoms with Gasteiger partial charge in [-0.15, -0.1) is 11.3 Å². The molecule has 3 aromatic heterocycles. The molecule has 0 fully saturated rings. The molecule has 48 heavy (non-hydrogen) atoms. The molecule has 7 aromatic carbocycles. The molecule has 0 aliphatic carbocycles. The maximum atomic E-state index is 6.32. The fourth-order valence-corrected chi connectivity index (χ4v) is 8.12. The molecule has 226 valence electrons. The van der Waals surface area contributed by atoms with E-state index in [1.807, 2.05) is 24.3 Å². The minimum atomic E-state index is 0.908. The fourth-order valence-electron chi connectivity index (χ4n) is 6.92. The minimum Gasteiger partial charge on any atom is -0.456 e. The van der Waals surface area contributed by atoms with Gasteiger partial charge in [0.2, 0.25) is 0 Å². The summed E-state index contributed by atoms with van der Waals surface area (Å²) in [7, 11) is 0. The number of fused-ring (bicyclic) bond motifs is 8. The molecule has 0 amide bonds. The molecule has 0 aliphatic rings. The van der Waals surface area contributed by atoms with E-state index >= 15 is 0 Å². The van der Waals surface area contributed by atoms with Crippen LogP contribution in [0.5, 0.6) is 0 Å². The van der Waals surface area contributed by atoms with E-state index in [0.717, 1.165) is 66.7 Å². The lowest BCUT2D eigenvalue weighted by Crippen LogP contribution is -2.09. The van der Waals surface area contributed by atoms with Gasteiger partial charge < -0.3 is 13.7 Å². The number of thiophene rings is 1. The van der Waals surface area contributed by atoms with Gasteiger partial charge in [0.25, 0.3) is 0 Å². The van der Waals surface area contributed by atoms with Crippen LogP contribution in [0.2, 0.25) is 0 Å². The topological polar surface area (TPSA) is 29.5 Å². The number of furan rings is 2. The lowest BCUT2D eigenvalue weighted by Gasteiger charge is -2.26. The van der Waals surface area contributed by atoms with Gasteiger partial charge in [0.15, 0.2) is 5.58 Å². The average molecular weight is 634 g/mol. The zero-order chi connectivity index (χ0) is 31.6. The molecular formula is C44H27NO2S. The van der Waals surface area contributed by atoms with Crippen molar-refractivity contribution in [1.82, 2.24) is 0 Å². The number of rotatable bonds is 5. The molecule has 0 N–H and O–H groups in total. The Bertz CT molecular complexity index is 2770. The highest BCUT2D eigenvalue weighted by Crippen LogP contribution is 2.44. The van der Waals surface area contributed by atoms with Crippen LogP contribution in [0.4, 0.5) is 17.1 Å². The Hall–Kier alpha value is -6.10. The van der Waals surface area contributed by atoms with E-state index in [1.54, 1.807) is 11.3 Å². The van der Waals surface area contributed by atoms with Crippen LogP contribution >= 0.6 is 11.3 Å². The molecule has 3 heterocycles. The summed E-state index contributed by atoms with van der Waals surface area (Å²) in [5.74, 6) is 0. The zero-order valence-electron chi connectivity index (χ0n) is 25.8. The van der Waals surface area contributed by atoms with Crippen LogP contribution in [0.3, 0.4) is 0 Å². The molecule has 0 bridgehead atoms. The molecule has 10 aromatic rings. The SMILES string of the molecule is c1ccc(-c2ccc(N(c3ccc(-c4ccc5oc6ccccc6c5c4)cc3)c3ccc4c(c3)sc3c5ccccc5oc43)cc2)cc1. The summed E-state index contributed by atoms with van der Waals surface area (Å²) < 4.78 is 14.8. The number of anilines is 3. The van der Waals surface area contributed by atoms with Crippen molar-refractivity contribution in [3.05, 3.63) is 164 Å². The Kier molecular flexibility index (Phi) is 6.05. The largest absolute Gasteiger partial charge is 0.456 e. The second-order valence-electron chi connectivity index (χ2n) is 12.1. The number of para-hydroxylation sites is 2. The van der Waals surface area contributed by atoms with E-state index in [1.165, 1.54) is 25.9 Å². The monoisotopic (exact) mass is 633 g/mol. The summed E-state index contributed by atoms with van der Waals surface area (Å²) in [6.45, 7) is 0. The van der Waals surface area contributed by atoms with Crippen LogP contribution in [0, 0.1) is 0 Å². The van der Waals surface area contributed by atoms with Gasteiger partial charge in [-0.1, -0.05) is 91.0 Å². The third-order valence-corrected chi connectivity index (χ3v) is 10.5. The maximum absolute atomic E-state index is 6.32. The smallest absolute Gasteiger partial charge is 0.154 e. The van der Waals surface area contributed by atoms with Crippen molar-refractivity contribution < 1.29 is 8.83 Å². The number of nitrogens with zero attached hydrogens (tertiary/aromatic N) is 1. The number of hydrogen-bond donors (Lipinski definition) is 0. The second-order valence-corrected chi connectivity index (χ2v) is 13.2. The van der Waals surface area contributed by atoms with Crippen LogP contribution < -0.4 is 4.90 Å². The molecule has 0 saturated carbocycles. The van der Waals surface area contributed by atoms with E-state index in [-0.39, 0.29) is 0 Å². The quantitative estimate of drug-likeness (QED) is 0.189. The van der Waals surface area contributed by atoms with E-state index in [0.29, 0.717) is 0 Å². The molecule has 0 aliphatic heterocycles. The molecule has 0 unspecified atom stereocenters. The molecule has 0 radical (unpaired) electrons. The lowest BCUT2D eigenvalue weighted by atomic mass is 10.0. The van der Waals surface area contributed by atoms with Crippen molar-refractivity contribution in [1.29, 1.82) is 0 Å². The molecular weight excluding hydrogens is 607 g/mol. The summed E-state index contributed by atoms with van der Waals surface area (Å²) in [4.78, 5) is 2.34. The third-order valence-electron chi connectivity index (χ3n) is 9.30. The Balaban J connectivity index is 1.08. The first-order valence-corrected chi connectivity index (χ1v) is 16.9. The first-order valence-electron chi connectivity index (χ1n) is 16.1. The van der Waals surface area contributed by atoms with Crippen molar-refractivity contribution in [3.8, 4) is 22.3 Å². The van der Waals surface area contributed by atoms with E-state index in [9.17, 15) is 0 Å². The average Bonchev–Trinajstić information content (AvgIpc) is 3.82. The second kappa shape index (κ2) is 10.7. The van der Waals surface area contributed by atoms with Gasteiger partial charge in [-0.2, -0.15) is 0 Å². The molecule has 0 atom stereocenters. The first kappa shape index (κ1) is 27.1. The van der Waals surface area contributed by atoms with Gasteiger partial charge >= 0.3 is 0 Å². The van der Waals surface area contributed by atoms with E-state index in [4.69, 9.17) is 8.83 Å². The predicted molar refractivity (Wildman–Crippen MR) is 202 cm³/mol. The van der Waals surface area contributed by atoms with Gasteiger partial charge in [0.1, 0.15) is 16.7 Å². The minimum absolute atomic E-state index is 0.908. The highest BCUT2D eigenvalue weighted by Gasteiger charge is 2.18. The molecule has 3 nitrogen and oxygen atoms in total.